The molecule has 3 N–H and O–H groups in total. The molecule has 2 rings (SSSR count). The van der Waals surface area contributed by atoms with Crippen LogP contribution in [0.1, 0.15) is 12.8 Å². The van der Waals surface area contributed by atoms with Crippen molar-refractivity contribution in [3.05, 3.63) is 30.4 Å². The third kappa shape index (κ3) is 2.65. The monoisotopic (exact) mass is 268 g/mol. The van der Waals surface area contributed by atoms with E-state index in [4.69, 9.17) is 10.5 Å². The summed E-state index contributed by atoms with van der Waals surface area (Å²) >= 11 is 0. The summed E-state index contributed by atoms with van der Waals surface area (Å²) in [5.41, 5.74) is 6.07. The largest absolute Gasteiger partial charge is 0.495 e. The van der Waals surface area contributed by atoms with Gasteiger partial charge in [0.25, 0.3) is 0 Å². The van der Waals surface area contributed by atoms with Crippen LogP contribution in [0.4, 0.5) is 5.69 Å². The zero-order valence-electron chi connectivity index (χ0n) is 10.1. The van der Waals surface area contributed by atoms with Crippen LogP contribution < -0.4 is 15.2 Å². The first kappa shape index (κ1) is 12.9. The fourth-order valence-electron chi connectivity index (χ4n) is 1.86. The predicted molar refractivity (Wildman–Crippen MR) is 69.9 cm³/mol. The Balaban J connectivity index is 2.23. The molecule has 0 amide bonds. The molecule has 0 unspecified atom stereocenters. The quantitative estimate of drug-likeness (QED) is 0.636. The lowest BCUT2D eigenvalue weighted by Gasteiger charge is -2.13. The number of nitrogens with one attached hydrogen (secondary N) is 1. The van der Waals surface area contributed by atoms with Crippen LogP contribution in [-0.4, -0.2) is 21.6 Å². The van der Waals surface area contributed by atoms with Gasteiger partial charge in [-0.2, -0.15) is 0 Å². The number of hydrogen-bond donors (Lipinski definition) is 2. The molecule has 0 spiro atoms. The van der Waals surface area contributed by atoms with Crippen molar-refractivity contribution < 1.29 is 13.2 Å². The van der Waals surface area contributed by atoms with Crippen molar-refractivity contribution in [3.63, 3.8) is 0 Å². The summed E-state index contributed by atoms with van der Waals surface area (Å²) in [7, 11) is -2.06. The average Bonchev–Trinajstić information content (AvgIpc) is 2.81. The molecule has 98 valence electrons. The van der Waals surface area contributed by atoms with Crippen LogP contribution in [0.5, 0.6) is 5.75 Å². The summed E-state index contributed by atoms with van der Waals surface area (Å²) in [6, 6.07) is 4.38. The van der Waals surface area contributed by atoms with Gasteiger partial charge >= 0.3 is 0 Å². The maximum absolute atomic E-state index is 12.1. The Kier molecular flexibility index (Phi) is 3.58. The first-order valence-corrected chi connectivity index (χ1v) is 7.12. The number of sulfonamides is 1. The topological polar surface area (TPSA) is 81.4 Å². The summed E-state index contributed by atoms with van der Waals surface area (Å²) < 4.78 is 31.9. The minimum atomic E-state index is -3.52. The molecule has 0 radical (unpaired) electrons. The zero-order chi connectivity index (χ0) is 13.2. The van der Waals surface area contributed by atoms with Crippen molar-refractivity contribution in [2.45, 2.75) is 23.8 Å². The maximum atomic E-state index is 12.1. The highest BCUT2D eigenvalue weighted by Gasteiger charge is 2.21. The molecule has 1 aromatic carbocycles. The molecular formula is C12H16N2O3S. The first-order valence-electron chi connectivity index (χ1n) is 5.64. The van der Waals surface area contributed by atoms with Gasteiger partial charge in [0.1, 0.15) is 5.75 Å². The maximum Gasteiger partial charge on any atom is 0.240 e. The molecule has 0 heterocycles. The highest BCUT2D eigenvalue weighted by molar-refractivity contribution is 7.89. The van der Waals surface area contributed by atoms with Crippen molar-refractivity contribution in [2.24, 2.45) is 0 Å². The van der Waals surface area contributed by atoms with E-state index in [9.17, 15) is 8.42 Å². The number of benzene rings is 1. The van der Waals surface area contributed by atoms with Gasteiger partial charge in [-0.3, -0.25) is 0 Å². The molecule has 0 aromatic heterocycles. The lowest BCUT2D eigenvalue weighted by Crippen LogP contribution is -2.32. The molecule has 0 aliphatic heterocycles. The SMILES string of the molecule is COc1cc(S(=O)(=O)NC2CC=CC2)ccc1N. The summed E-state index contributed by atoms with van der Waals surface area (Å²) in [5.74, 6) is 0.363. The second-order valence-electron chi connectivity index (χ2n) is 4.16. The van der Waals surface area contributed by atoms with Gasteiger partial charge in [0.15, 0.2) is 0 Å². The van der Waals surface area contributed by atoms with E-state index in [1.807, 2.05) is 12.2 Å². The highest BCUT2D eigenvalue weighted by atomic mass is 32.2. The molecule has 0 saturated heterocycles. The van der Waals surface area contributed by atoms with Crippen LogP contribution in [-0.2, 0) is 10.0 Å². The predicted octanol–water partition coefficient (Wildman–Crippen LogP) is 1.27. The number of ether oxygens (including phenoxy) is 1. The second kappa shape index (κ2) is 4.99. The van der Waals surface area contributed by atoms with Crippen molar-refractivity contribution in [1.29, 1.82) is 0 Å². The standard InChI is InChI=1S/C12H16N2O3S/c1-17-12-8-10(6-7-11(12)13)18(15,16)14-9-4-2-3-5-9/h2-3,6-9,14H,4-5,13H2,1H3. The van der Waals surface area contributed by atoms with Crippen LogP contribution in [0.25, 0.3) is 0 Å². The van der Waals surface area contributed by atoms with E-state index in [1.165, 1.54) is 25.3 Å². The first-order chi connectivity index (χ1) is 8.53. The second-order valence-corrected chi connectivity index (χ2v) is 5.88. The Labute approximate surface area is 107 Å². The number of nitrogens with two attached hydrogens (primary N) is 1. The lowest BCUT2D eigenvalue weighted by atomic mass is 10.3. The number of rotatable bonds is 4. The van der Waals surface area contributed by atoms with Gasteiger partial charge in [0.2, 0.25) is 10.0 Å². The van der Waals surface area contributed by atoms with Gasteiger partial charge in [0.05, 0.1) is 17.7 Å². The van der Waals surface area contributed by atoms with Crippen LogP contribution in [0, 0.1) is 0 Å². The van der Waals surface area contributed by atoms with Crippen LogP contribution in [0.3, 0.4) is 0 Å². The number of methoxy groups -OCH3 is 1. The molecular weight excluding hydrogens is 252 g/mol. The Hall–Kier alpha value is -1.53. The molecule has 1 aliphatic carbocycles. The Morgan fingerprint density at radius 3 is 2.61 bits per heavy atom. The van der Waals surface area contributed by atoms with Crippen LogP contribution in [0.15, 0.2) is 35.2 Å². The van der Waals surface area contributed by atoms with E-state index in [0.717, 1.165) is 12.8 Å². The highest BCUT2D eigenvalue weighted by Crippen LogP contribution is 2.25. The minimum absolute atomic E-state index is 0.0569. The van der Waals surface area contributed by atoms with E-state index in [-0.39, 0.29) is 10.9 Å². The fourth-order valence-corrected chi connectivity index (χ4v) is 3.14. The summed E-state index contributed by atoms with van der Waals surface area (Å²) in [5, 5.41) is 0. The van der Waals surface area contributed by atoms with Crippen molar-refractivity contribution in [3.8, 4) is 5.75 Å². The van der Waals surface area contributed by atoms with Crippen molar-refractivity contribution in [2.75, 3.05) is 12.8 Å². The number of nitrogen functional groups attached to an aromatic ring is 1. The molecule has 18 heavy (non-hydrogen) atoms. The molecule has 1 aromatic rings. The van der Waals surface area contributed by atoms with E-state index < -0.39 is 10.0 Å². The summed E-state index contributed by atoms with van der Waals surface area (Å²) in [6.07, 6.45) is 5.39. The third-order valence-electron chi connectivity index (χ3n) is 2.84. The molecule has 0 bridgehead atoms. The fraction of sp³-hybridized carbons (Fsp3) is 0.333. The van der Waals surface area contributed by atoms with Gasteiger partial charge in [-0.05, 0) is 25.0 Å². The smallest absolute Gasteiger partial charge is 0.240 e. The molecule has 0 saturated carbocycles. The van der Waals surface area contributed by atoms with E-state index in [1.54, 1.807) is 0 Å². The van der Waals surface area contributed by atoms with E-state index in [0.29, 0.717) is 11.4 Å². The van der Waals surface area contributed by atoms with E-state index >= 15 is 0 Å². The number of anilines is 1. The molecule has 0 atom stereocenters. The van der Waals surface area contributed by atoms with Crippen molar-refractivity contribution in [1.82, 2.24) is 4.72 Å². The zero-order valence-corrected chi connectivity index (χ0v) is 10.9. The third-order valence-corrected chi connectivity index (χ3v) is 4.36. The Bertz CT molecular complexity index is 559. The Morgan fingerprint density at radius 1 is 1.33 bits per heavy atom. The lowest BCUT2D eigenvalue weighted by molar-refractivity contribution is 0.415. The van der Waals surface area contributed by atoms with Gasteiger partial charge in [-0.1, -0.05) is 12.2 Å². The van der Waals surface area contributed by atoms with Crippen LogP contribution in [0.2, 0.25) is 0 Å². The molecule has 0 fully saturated rings. The minimum Gasteiger partial charge on any atom is -0.495 e. The normalized spacial score (nSPS) is 16.1. The van der Waals surface area contributed by atoms with Gasteiger partial charge < -0.3 is 10.5 Å². The van der Waals surface area contributed by atoms with Crippen molar-refractivity contribution >= 4 is 15.7 Å². The summed E-state index contributed by atoms with van der Waals surface area (Å²) in [6.45, 7) is 0. The number of hydrogen-bond acceptors (Lipinski definition) is 4. The average molecular weight is 268 g/mol. The molecule has 5 nitrogen and oxygen atoms in total. The Morgan fingerprint density at radius 2 is 2.00 bits per heavy atom. The van der Waals surface area contributed by atoms with E-state index in [2.05, 4.69) is 4.72 Å². The molecule has 6 heteroatoms. The molecule has 1 aliphatic rings. The van der Waals surface area contributed by atoms with Gasteiger partial charge in [0, 0.05) is 12.1 Å². The summed E-state index contributed by atoms with van der Waals surface area (Å²) in [4.78, 5) is 0.167. The van der Waals surface area contributed by atoms with Gasteiger partial charge in [-0.15, -0.1) is 0 Å². The van der Waals surface area contributed by atoms with Gasteiger partial charge in [-0.25, -0.2) is 13.1 Å². The van der Waals surface area contributed by atoms with Crippen LogP contribution >= 0.6 is 0 Å².